The predicted molar refractivity (Wildman–Crippen MR) is 84.1 cm³/mol. The van der Waals surface area contributed by atoms with Crippen LogP contribution in [-0.4, -0.2) is 11.7 Å². The van der Waals surface area contributed by atoms with Crippen LogP contribution in [0.3, 0.4) is 0 Å². The highest BCUT2D eigenvalue weighted by Gasteiger charge is 2.22. The quantitative estimate of drug-likeness (QED) is 0.901. The van der Waals surface area contributed by atoms with E-state index >= 15 is 0 Å². The third-order valence-electron chi connectivity index (χ3n) is 3.78. The molecule has 0 fully saturated rings. The smallest absolute Gasteiger partial charge is 0.0870 e. The zero-order valence-corrected chi connectivity index (χ0v) is 12.6. The van der Waals surface area contributed by atoms with Crippen molar-refractivity contribution in [2.75, 3.05) is 6.54 Å². The first-order valence-electron chi connectivity index (χ1n) is 6.73. The molecule has 3 heteroatoms. The second kappa shape index (κ2) is 6.40. The van der Waals surface area contributed by atoms with Gasteiger partial charge in [-0.1, -0.05) is 41.9 Å². The molecule has 2 rings (SSSR count). The highest BCUT2D eigenvalue weighted by Crippen LogP contribution is 2.32. The van der Waals surface area contributed by atoms with Crippen LogP contribution in [-0.2, 0) is 0 Å². The molecule has 0 saturated carbocycles. The van der Waals surface area contributed by atoms with Crippen LogP contribution in [0.25, 0.3) is 0 Å². The molecule has 2 unspecified atom stereocenters. The minimum atomic E-state index is -0.627. The molecule has 0 aliphatic heterocycles. The van der Waals surface area contributed by atoms with Gasteiger partial charge >= 0.3 is 0 Å². The maximum Gasteiger partial charge on any atom is 0.0870 e. The lowest BCUT2D eigenvalue weighted by molar-refractivity contribution is 0.147. The van der Waals surface area contributed by atoms with E-state index < -0.39 is 6.10 Å². The number of nitrogens with two attached hydrogens (primary N) is 1. The summed E-state index contributed by atoms with van der Waals surface area (Å²) in [7, 11) is 0. The van der Waals surface area contributed by atoms with E-state index in [1.807, 2.05) is 49.4 Å². The van der Waals surface area contributed by atoms with Crippen molar-refractivity contribution in [2.45, 2.75) is 25.9 Å². The minimum Gasteiger partial charge on any atom is -0.388 e. The predicted octanol–water partition coefficient (Wildman–Crippen LogP) is 3.73. The van der Waals surface area contributed by atoms with E-state index in [1.165, 1.54) is 11.1 Å². The summed E-state index contributed by atoms with van der Waals surface area (Å²) in [5.41, 5.74) is 10.1. The third kappa shape index (κ3) is 3.21. The van der Waals surface area contributed by atoms with E-state index in [2.05, 4.69) is 6.92 Å². The average molecular weight is 290 g/mol. The molecule has 3 N–H and O–H groups in total. The molecule has 0 bridgehead atoms. The molecule has 20 heavy (non-hydrogen) atoms. The molecule has 0 heterocycles. The van der Waals surface area contributed by atoms with Crippen molar-refractivity contribution in [1.82, 2.24) is 0 Å². The van der Waals surface area contributed by atoms with Gasteiger partial charge in [0, 0.05) is 17.5 Å². The van der Waals surface area contributed by atoms with E-state index in [9.17, 15) is 5.11 Å². The Morgan fingerprint density at radius 3 is 2.40 bits per heavy atom. The van der Waals surface area contributed by atoms with Crippen molar-refractivity contribution < 1.29 is 5.11 Å². The van der Waals surface area contributed by atoms with E-state index in [0.29, 0.717) is 11.6 Å². The summed E-state index contributed by atoms with van der Waals surface area (Å²) in [5.74, 6) is -0.157. The van der Waals surface area contributed by atoms with Crippen LogP contribution in [0, 0.1) is 13.8 Å². The molecular formula is C17H20ClNO. The molecule has 0 aromatic heterocycles. The molecule has 2 aromatic rings. The zero-order valence-electron chi connectivity index (χ0n) is 11.8. The Bertz CT molecular complexity index is 597. The first-order chi connectivity index (χ1) is 9.52. The Hall–Kier alpha value is -1.35. The topological polar surface area (TPSA) is 46.2 Å². The fraction of sp³-hybridized carbons (Fsp3) is 0.294. The number of halogens is 1. The first-order valence-corrected chi connectivity index (χ1v) is 7.11. The van der Waals surface area contributed by atoms with Crippen LogP contribution in [0.1, 0.15) is 34.3 Å². The molecular weight excluding hydrogens is 270 g/mol. The largest absolute Gasteiger partial charge is 0.388 e. The van der Waals surface area contributed by atoms with Gasteiger partial charge in [0.1, 0.15) is 0 Å². The number of aliphatic hydroxyl groups is 1. The van der Waals surface area contributed by atoms with E-state index in [-0.39, 0.29) is 5.92 Å². The second-order valence-corrected chi connectivity index (χ2v) is 5.62. The van der Waals surface area contributed by atoms with Crippen molar-refractivity contribution in [3.63, 3.8) is 0 Å². The van der Waals surface area contributed by atoms with Crippen molar-refractivity contribution in [2.24, 2.45) is 5.73 Å². The number of hydrogen-bond acceptors (Lipinski definition) is 2. The SMILES string of the molecule is Cc1ccc(C(O)C(CN)c2cccc(Cl)c2)cc1C. The lowest BCUT2D eigenvalue weighted by Gasteiger charge is -2.23. The summed E-state index contributed by atoms with van der Waals surface area (Å²) in [6.45, 7) is 4.47. The number of hydrogen-bond donors (Lipinski definition) is 2. The molecule has 0 aliphatic carbocycles. The number of aliphatic hydroxyl groups excluding tert-OH is 1. The van der Waals surface area contributed by atoms with Crippen LogP contribution >= 0.6 is 11.6 Å². The highest BCUT2D eigenvalue weighted by molar-refractivity contribution is 6.30. The lowest BCUT2D eigenvalue weighted by Crippen LogP contribution is -2.20. The van der Waals surface area contributed by atoms with Gasteiger partial charge in [-0.25, -0.2) is 0 Å². The van der Waals surface area contributed by atoms with Gasteiger partial charge < -0.3 is 10.8 Å². The Morgan fingerprint density at radius 1 is 1.05 bits per heavy atom. The van der Waals surface area contributed by atoms with Crippen LogP contribution in [0.2, 0.25) is 5.02 Å². The fourth-order valence-electron chi connectivity index (χ4n) is 2.37. The van der Waals surface area contributed by atoms with E-state index in [1.54, 1.807) is 0 Å². The van der Waals surface area contributed by atoms with Crippen molar-refractivity contribution >= 4 is 11.6 Å². The summed E-state index contributed by atoms with van der Waals surface area (Å²) in [6, 6.07) is 13.5. The van der Waals surface area contributed by atoms with Gasteiger partial charge in [0.15, 0.2) is 0 Å². The molecule has 0 spiro atoms. The first kappa shape index (κ1) is 15.0. The molecule has 106 valence electrons. The summed E-state index contributed by atoms with van der Waals surface area (Å²) < 4.78 is 0. The van der Waals surface area contributed by atoms with Crippen LogP contribution < -0.4 is 5.73 Å². The second-order valence-electron chi connectivity index (χ2n) is 5.19. The molecule has 0 amide bonds. The standard InChI is InChI=1S/C17H20ClNO/c1-11-6-7-14(8-12(11)2)17(20)16(10-19)13-4-3-5-15(18)9-13/h3-9,16-17,20H,10,19H2,1-2H3. The van der Waals surface area contributed by atoms with Gasteiger partial charge in [-0.15, -0.1) is 0 Å². The average Bonchev–Trinajstić information content (AvgIpc) is 2.42. The fourth-order valence-corrected chi connectivity index (χ4v) is 2.56. The molecule has 0 aliphatic rings. The Kier molecular flexibility index (Phi) is 4.81. The monoisotopic (exact) mass is 289 g/mol. The molecule has 0 saturated heterocycles. The summed E-state index contributed by atoms with van der Waals surface area (Å²) in [4.78, 5) is 0. The van der Waals surface area contributed by atoms with Crippen LogP contribution in [0.15, 0.2) is 42.5 Å². The molecule has 0 radical (unpaired) electrons. The number of rotatable bonds is 4. The van der Waals surface area contributed by atoms with Crippen molar-refractivity contribution in [1.29, 1.82) is 0 Å². The van der Waals surface area contributed by atoms with Gasteiger partial charge in [0.25, 0.3) is 0 Å². The van der Waals surface area contributed by atoms with E-state index in [0.717, 1.165) is 11.1 Å². The lowest BCUT2D eigenvalue weighted by atomic mass is 9.88. The third-order valence-corrected chi connectivity index (χ3v) is 4.02. The zero-order chi connectivity index (χ0) is 14.7. The summed E-state index contributed by atoms with van der Waals surface area (Å²) >= 11 is 6.02. The minimum absolute atomic E-state index is 0.157. The Morgan fingerprint density at radius 2 is 1.80 bits per heavy atom. The number of benzene rings is 2. The van der Waals surface area contributed by atoms with Gasteiger partial charge in [-0.3, -0.25) is 0 Å². The van der Waals surface area contributed by atoms with Crippen molar-refractivity contribution in [3.05, 3.63) is 69.7 Å². The highest BCUT2D eigenvalue weighted by atomic mass is 35.5. The van der Waals surface area contributed by atoms with Gasteiger partial charge in [-0.05, 0) is 48.2 Å². The maximum atomic E-state index is 10.6. The normalized spacial score (nSPS) is 14.1. The van der Waals surface area contributed by atoms with Crippen molar-refractivity contribution in [3.8, 4) is 0 Å². The van der Waals surface area contributed by atoms with Gasteiger partial charge in [0.05, 0.1) is 6.10 Å². The van der Waals surface area contributed by atoms with Crippen LogP contribution in [0.4, 0.5) is 0 Å². The summed E-state index contributed by atoms with van der Waals surface area (Å²) in [5, 5.41) is 11.3. The van der Waals surface area contributed by atoms with E-state index in [4.69, 9.17) is 17.3 Å². The number of aryl methyl sites for hydroxylation is 2. The van der Waals surface area contributed by atoms with Gasteiger partial charge in [0.2, 0.25) is 0 Å². The summed E-state index contributed by atoms with van der Waals surface area (Å²) in [6.07, 6.45) is -0.627. The molecule has 2 aromatic carbocycles. The van der Waals surface area contributed by atoms with Crippen LogP contribution in [0.5, 0.6) is 0 Å². The maximum absolute atomic E-state index is 10.6. The van der Waals surface area contributed by atoms with Gasteiger partial charge in [-0.2, -0.15) is 0 Å². The Balaban J connectivity index is 2.33. The Labute approximate surface area is 125 Å². The molecule has 2 atom stereocenters. The molecule has 2 nitrogen and oxygen atoms in total.